The molecule has 2 aromatic carbocycles. The molecule has 0 radical (unpaired) electrons. The van der Waals surface area contributed by atoms with Gasteiger partial charge in [-0.15, -0.1) is 11.3 Å². The lowest BCUT2D eigenvalue weighted by Gasteiger charge is -2.00. The summed E-state index contributed by atoms with van der Waals surface area (Å²) in [5, 5.41) is 10.3. The summed E-state index contributed by atoms with van der Waals surface area (Å²) < 4.78 is 13.7. The average molecular weight is 374 g/mol. The van der Waals surface area contributed by atoms with Crippen LogP contribution in [0, 0.1) is 5.82 Å². The summed E-state index contributed by atoms with van der Waals surface area (Å²) in [5.74, 6) is -1.25. The van der Waals surface area contributed by atoms with Crippen molar-refractivity contribution in [3.8, 4) is 11.3 Å². The fourth-order valence-corrected chi connectivity index (χ4v) is 3.41. The minimum Gasteiger partial charge on any atom is -0.481 e. The molecule has 3 aromatic rings. The predicted molar refractivity (Wildman–Crippen MR) is 99.2 cm³/mol. The number of carboxylic acids is 1. The first kappa shape index (κ1) is 17.3. The van der Waals surface area contributed by atoms with Crippen LogP contribution < -0.4 is 0 Å². The topological polar surface area (TPSA) is 50.2 Å². The molecule has 0 aliphatic heterocycles. The Morgan fingerprint density at radius 1 is 1.16 bits per heavy atom. The van der Waals surface area contributed by atoms with Crippen LogP contribution in [0.3, 0.4) is 0 Å². The van der Waals surface area contributed by atoms with E-state index in [-0.39, 0.29) is 12.2 Å². The van der Waals surface area contributed by atoms with Crippen molar-refractivity contribution in [1.29, 1.82) is 0 Å². The van der Waals surface area contributed by atoms with Gasteiger partial charge < -0.3 is 5.11 Å². The van der Waals surface area contributed by atoms with Crippen molar-refractivity contribution in [3.05, 3.63) is 74.8 Å². The highest BCUT2D eigenvalue weighted by Gasteiger charge is 2.15. The summed E-state index contributed by atoms with van der Waals surface area (Å²) >= 11 is 7.18. The molecular weight excluding hydrogens is 361 g/mol. The molecule has 3 rings (SSSR count). The van der Waals surface area contributed by atoms with Crippen molar-refractivity contribution in [1.82, 2.24) is 4.98 Å². The summed E-state index contributed by atoms with van der Waals surface area (Å²) in [7, 11) is 0. The molecule has 126 valence electrons. The molecule has 0 aliphatic carbocycles. The standard InChI is InChI=1S/C19H13ClFNO2S/c20-14-8-5-13(6-9-14)19-16(11-18(23)24)25-17(22-19)10-7-12-3-1-2-4-15(12)21/h1-10H,11H2,(H,23,24)/b10-7+. The highest BCUT2D eigenvalue weighted by Crippen LogP contribution is 2.30. The second kappa shape index (κ2) is 7.59. The first-order valence-corrected chi connectivity index (χ1v) is 8.62. The molecule has 0 aliphatic rings. The predicted octanol–water partition coefficient (Wildman–Crippen LogP) is 5.40. The van der Waals surface area contributed by atoms with E-state index in [1.807, 2.05) is 0 Å². The van der Waals surface area contributed by atoms with E-state index in [9.17, 15) is 9.18 Å². The van der Waals surface area contributed by atoms with Crippen molar-refractivity contribution in [2.24, 2.45) is 0 Å². The van der Waals surface area contributed by atoms with Crippen molar-refractivity contribution in [2.75, 3.05) is 0 Å². The van der Waals surface area contributed by atoms with Gasteiger partial charge in [-0.25, -0.2) is 9.37 Å². The number of benzene rings is 2. The lowest BCUT2D eigenvalue weighted by molar-refractivity contribution is -0.136. The Labute approximate surface area is 153 Å². The van der Waals surface area contributed by atoms with E-state index in [4.69, 9.17) is 16.7 Å². The molecule has 0 amide bonds. The lowest BCUT2D eigenvalue weighted by Crippen LogP contribution is -1.99. The van der Waals surface area contributed by atoms with Crippen molar-refractivity contribution < 1.29 is 14.3 Å². The van der Waals surface area contributed by atoms with E-state index >= 15 is 0 Å². The first-order chi connectivity index (χ1) is 12.0. The molecule has 25 heavy (non-hydrogen) atoms. The fraction of sp³-hybridized carbons (Fsp3) is 0.0526. The zero-order valence-electron chi connectivity index (χ0n) is 12.9. The molecule has 1 heterocycles. The van der Waals surface area contributed by atoms with Crippen molar-refractivity contribution in [2.45, 2.75) is 6.42 Å². The van der Waals surface area contributed by atoms with E-state index < -0.39 is 5.97 Å². The smallest absolute Gasteiger partial charge is 0.308 e. The van der Waals surface area contributed by atoms with Crippen LogP contribution in [0.2, 0.25) is 5.02 Å². The first-order valence-electron chi connectivity index (χ1n) is 7.43. The molecule has 0 spiro atoms. The number of rotatable bonds is 5. The van der Waals surface area contributed by atoms with E-state index in [0.29, 0.717) is 26.2 Å². The average Bonchev–Trinajstić information content (AvgIpc) is 2.97. The van der Waals surface area contributed by atoms with Gasteiger partial charge in [0.2, 0.25) is 0 Å². The molecular formula is C19H13ClFNO2S. The normalized spacial score (nSPS) is 11.1. The number of aliphatic carboxylic acids is 1. The molecule has 3 nitrogen and oxygen atoms in total. The van der Waals surface area contributed by atoms with Crippen LogP contribution in [-0.2, 0) is 11.2 Å². The van der Waals surface area contributed by atoms with E-state index in [0.717, 1.165) is 5.56 Å². The highest BCUT2D eigenvalue weighted by atomic mass is 35.5. The monoisotopic (exact) mass is 373 g/mol. The van der Waals surface area contributed by atoms with Crippen LogP contribution in [0.1, 0.15) is 15.4 Å². The van der Waals surface area contributed by atoms with Crippen LogP contribution >= 0.6 is 22.9 Å². The van der Waals surface area contributed by atoms with Gasteiger partial charge in [-0.1, -0.05) is 41.9 Å². The molecule has 6 heteroatoms. The van der Waals surface area contributed by atoms with E-state index in [2.05, 4.69) is 4.98 Å². The maximum Gasteiger partial charge on any atom is 0.308 e. The van der Waals surface area contributed by atoms with Gasteiger partial charge in [-0.3, -0.25) is 4.79 Å². The molecule has 0 unspecified atom stereocenters. The van der Waals surface area contributed by atoms with Gasteiger partial charge in [0, 0.05) is 21.0 Å². The van der Waals surface area contributed by atoms with Crippen LogP contribution in [0.15, 0.2) is 48.5 Å². The number of halogens is 2. The second-order valence-electron chi connectivity index (χ2n) is 5.26. The Morgan fingerprint density at radius 2 is 1.88 bits per heavy atom. The quantitative estimate of drug-likeness (QED) is 0.651. The van der Waals surface area contributed by atoms with Gasteiger partial charge in [0.1, 0.15) is 10.8 Å². The van der Waals surface area contributed by atoms with Crippen LogP contribution in [-0.4, -0.2) is 16.1 Å². The lowest BCUT2D eigenvalue weighted by atomic mass is 10.1. The molecule has 1 aromatic heterocycles. The highest BCUT2D eigenvalue weighted by molar-refractivity contribution is 7.13. The number of thiazole rings is 1. The number of carbonyl (C=O) groups is 1. The van der Waals surface area contributed by atoms with Crippen LogP contribution in [0.4, 0.5) is 4.39 Å². The molecule has 0 saturated carbocycles. The molecule has 0 fully saturated rings. The number of aromatic nitrogens is 1. The third kappa shape index (κ3) is 4.32. The van der Waals surface area contributed by atoms with Crippen molar-refractivity contribution >= 4 is 41.1 Å². The van der Waals surface area contributed by atoms with Crippen LogP contribution in [0.25, 0.3) is 23.4 Å². The van der Waals surface area contributed by atoms with E-state index in [1.165, 1.54) is 17.4 Å². The van der Waals surface area contributed by atoms with Gasteiger partial charge in [-0.2, -0.15) is 0 Å². The second-order valence-corrected chi connectivity index (χ2v) is 6.81. The number of hydrogen-bond donors (Lipinski definition) is 1. The summed E-state index contributed by atoms with van der Waals surface area (Å²) in [6.07, 6.45) is 3.20. The number of carboxylic acid groups (broad SMARTS) is 1. The SMILES string of the molecule is O=C(O)Cc1sc(/C=C/c2ccccc2F)nc1-c1ccc(Cl)cc1. The summed E-state index contributed by atoms with van der Waals surface area (Å²) in [6, 6.07) is 13.5. The summed E-state index contributed by atoms with van der Waals surface area (Å²) in [6.45, 7) is 0. The zero-order valence-corrected chi connectivity index (χ0v) is 14.5. The molecule has 0 saturated heterocycles. The Bertz CT molecular complexity index is 935. The number of nitrogens with zero attached hydrogens (tertiary/aromatic N) is 1. The number of hydrogen-bond acceptors (Lipinski definition) is 3. The largest absolute Gasteiger partial charge is 0.481 e. The van der Waals surface area contributed by atoms with Gasteiger partial charge in [0.15, 0.2) is 0 Å². The maximum atomic E-state index is 13.7. The molecule has 1 N–H and O–H groups in total. The third-order valence-electron chi connectivity index (χ3n) is 3.45. The Balaban J connectivity index is 1.97. The minimum absolute atomic E-state index is 0.122. The third-order valence-corrected chi connectivity index (χ3v) is 4.73. The maximum absolute atomic E-state index is 13.7. The summed E-state index contributed by atoms with van der Waals surface area (Å²) in [4.78, 5) is 16.3. The Kier molecular flexibility index (Phi) is 5.26. The van der Waals surface area contributed by atoms with Crippen molar-refractivity contribution in [3.63, 3.8) is 0 Å². The molecule has 0 bridgehead atoms. The molecule has 0 atom stereocenters. The minimum atomic E-state index is -0.927. The van der Waals surface area contributed by atoms with Gasteiger partial charge in [0.05, 0.1) is 12.1 Å². The van der Waals surface area contributed by atoms with Gasteiger partial charge in [-0.05, 0) is 30.4 Å². The zero-order chi connectivity index (χ0) is 17.8. The fourth-order valence-electron chi connectivity index (χ4n) is 2.30. The van der Waals surface area contributed by atoms with Gasteiger partial charge >= 0.3 is 5.97 Å². The Hall–Kier alpha value is -2.50. The van der Waals surface area contributed by atoms with Gasteiger partial charge in [0.25, 0.3) is 0 Å². The van der Waals surface area contributed by atoms with E-state index in [1.54, 1.807) is 54.6 Å². The Morgan fingerprint density at radius 3 is 2.56 bits per heavy atom. The summed E-state index contributed by atoms with van der Waals surface area (Å²) in [5.41, 5.74) is 1.85. The van der Waals surface area contributed by atoms with Crippen LogP contribution in [0.5, 0.6) is 0 Å².